The van der Waals surface area contributed by atoms with Crippen molar-refractivity contribution in [2.75, 3.05) is 35.1 Å². The van der Waals surface area contributed by atoms with Gasteiger partial charge < -0.3 is 14.4 Å². The quantitative estimate of drug-likeness (QED) is 0.576. The highest BCUT2D eigenvalue weighted by Gasteiger charge is 2.21. The zero-order valence-electron chi connectivity index (χ0n) is 16.3. The Morgan fingerprint density at radius 1 is 1.20 bits per heavy atom. The predicted octanol–water partition coefficient (Wildman–Crippen LogP) is 5.87. The lowest BCUT2D eigenvalue weighted by atomic mass is 9.90. The van der Waals surface area contributed by atoms with E-state index < -0.39 is 0 Å². The number of anilines is 2. The molecular weight excluding hydrogens is 441 g/mol. The van der Waals surface area contributed by atoms with Gasteiger partial charge in [0.2, 0.25) is 0 Å². The lowest BCUT2D eigenvalue weighted by Gasteiger charge is -2.23. The van der Waals surface area contributed by atoms with Crippen LogP contribution in [0.1, 0.15) is 46.7 Å². The number of halogens is 2. The number of nitrogens with one attached hydrogen (secondary N) is 1. The monoisotopic (exact) mass is 461 g/mol. The van der Waals surface area contributed by atoms with Gasteiger partial charge in [0.25, 0.3) is 5.91 Å². The van der Waals surface area contributed by atoms with Crippen molar-refractivity contribution in [3.05, 3.63) is 57.1 Å². The van der Waals surface area contributed by atoms with E-state index in [1.165, 1.54) is 0 Å². The van der Waals surface area contributed by atoms with Gasteiger partial charge in [0.15, 0.2) is 0 Å². The summed E-state index contributed by atoms with van der Waals surface area (Å²) < 4.78 is 7.56. The van der Waals surface area contributed by atoms with Crippen molar-refractivity contribution < 1.29 is 9.53 Å². The van der Waals surface area contributed by atoms with E-state index in [9.17, 15) is 10.1 Å². The van der Waals surface area contributed by atoms with E-state index in [2.05, 4.69) is 15.7 Å². The number of ether oxygens (including phenoxy) is 1. The van der Waals surface area contributed by atoms with Crippen LogP contribution in [0, 0.1) is 11.3 Å². The Labute approximate surface area is 190 Å². The van der Waals surface area contributed by atoms with E-state index in [0.717, 1.165) is 42.8 Å². The van der Waals surface area contributed by atoms with Gasteiger partial charge in [0.05, 0.1) is 27.2 Å². The first-order chi connectivity index (χ1) is 14.5. The van der Waals surface area contributed by atoms with E-state index in [1.807, 2.05) is 12.1 Å². The first-order valence-corrected chi connectivity index (χ1v) is 11.6. The second-order valence-electron chi connectivity index (χ2n) is 7.37. The molecule has 2 aliphatic rings. The molecule has 0 aliphatic carbocycles. The van der Waals surface area contributed by atoms with Crippen molar-refractivity contribution in [1.82, 2.24) is 0 Å². The number of carbonyl (C=O) groups excluding carboxylic acids is 1. The molecule has 0 spiro atoms. The summed E-state index contributed by atoms with van der Waals surface area (Å²) in [7, 11) is 0. The third-order valence-electron chi connectivity index (χ3n) is 5.33. The van der Waals surface area contributed by atoms with Crippen molar-refractivity contribution in [3.8, 4) is 6.07 Å². The highest BCUT2D eigenvalue weighted by atomic mass is 35.5. The molecule has 0 atom stereocenters. The zero-order valence-corrected chi connectivity index (χ0v) is 18.6. The largest absolute Gasteiger partial charge is 0.381 e. The number of carbonyl (C=O) groups is 1. The standard InChI is InChI=1S/C22H21Cl2N3O2S/c23-20-12-18(27-4-1-7-30-27)11-19(21(20)24)22(28)26-17-9-14(13-25)8-16(10-17)15-2-5-29-6-3-15/h8-12,15H,1-7H2,(H,26,28). The van der Waals surface area contributed by atoms with Crippen LogP contribution in [0.25, 0.3) is 0 Å². The van der Waals surface area contributed by atoms with E-state index in [4.69, 9.17) is 27.9 Å². The highest BCUT2D eigenvalue weighted by Crippen LogP contribution is 2.36. The molecule has 2 aromatic carbocycles. The molecule has 2 heterocycles. The maximum atomic E-state index is 13.1. The molecule has 1 amide bonds. The number of amides is 1. The van der Waals surface area contributed by atoms with E-state index >= 15 is 0 Å². The number of nitriles is 1. The third kappa shape index (κ3) is 4.70. The number of rotatable bonds is 4. The molecule has 0 radical (unpaired) electrons. The number of hydrogen-bond acceptors (Lipinski definition) is 5. The average molecular weight is 462 g/mol. The van der Waals surface area contributed by atoms with Crippen LogP contribution in [-0.2, 0) is 4.74 Å². The van der Waals surface area contributed by atoms with Crippen molar-refractivity contribution in [2.24, 2.45) is 0 Å². The summed E-state index contributed by atoms with van der Waals surface area (Å²) >= 11 is 14.4. The van der Waals surface area contributed by atoms with Gasteiger partial charge in [-0.3, -0.25) is 4.79 Å². The van der Waals surface area contributed by atoms with Crippen LogP contribution in [0.5, 0.6) is 0 Å². The number of benzene rings is 2. The van der Waals surface area contributed by atoms with Gasteiger partial charge in [-0.05, 0) is 73.0 Å². The molecule has 1 N–H and O–H groups in total. The maximum Gasteiger partial charge on any atom is 0.257 e. The Morgan fingerprint density at radius 2 is 2.00 bits per heavy atom. The molecule has 30 heavy (non-hydrogen) atoms. The Hall–Kier alpha value is -1.91. The number of nitrogens with zero attached hydrogens (tertiary/aromatic N) is 2. The molecule has 5 nitrogen and oxygen atoms in total. The van der Waals surface area contributed by atoms with Crippen molar-refractivity contribution >= 4 is 52.4 Å². The number of hydrogen-bond donors (Lipinski definition) is 1. The third-order valence-corrected chi connectivity index (χ3v) is 7.31. The van der Waals surface area contributed by atoms with Crippen LogP contribution < -0.4 is 9.62 Å². The van der Waals surface area contributed by atoms with Gasteiger partial charge in [-0.25, -0.2) is 0 Å². The molecule has 2 saturated heterocycles. The highest BCUT2D eigenvalue weighted by molar-refractivity contribution is 8.00. The topological polar surface area (TPSA) is 65.4 Å². The van der Waals surface area contributed by atoms with Gasteiger partial charge >= 0.3 is 0 Å². The summed E-state index contributed by atoms with van der Waals surface area (Å²) in [5.41, 5.74) is 3.32. The van der Waals surface area contributed by atoms with Gasteiger partial charge in [-0.1, -0.05) is 23.2 Å². The maximum absolute atomic E-state index is 13.1. The van der Waals surface area contributed by atoms with Gasteiger partial charge in [-0.15, -0.1) is 0 Å². The van der Waals surface area contributed by atoms with Crippen LogP contribution in [0.3, 0.4) is 0 Å². The van der Waals surface area contributed by atoms with Crippen molar-refractivity contribution in [3.63, 3.8) is 0 Å². The summed E-state index contributed by atoms with van der Waals surface area (Å²) in [6.07, 6.45) is 2.89. The van der Waals surface area contributed by atoms with Crippen molar-refractivity contribution in [2.45, 2.75) is 25.2 Å². The van der Waals surface area contributed by atoms with Gasteiger partial charge in [0, 0.05) is 36.9 Å². The second-order valence-corrected chi connectivity index (χ2v) is 9.27. The molecule has 2 aliphatic heterocycles. The van der Waals surface area contributed by atoms with Gasteiger partial charge in [-0.2, -0.15) is 5.26 Å². The zero-order chi connectivity index (χ0) is 21.1. The van der Waals surface area contributed by atoms with E-state index in [-0.39, 0.29) is 10.9 Å². The first kappa shape index (κ1) is 21.3. The summed E-state index contributed by atoms with van der Waals surface area (Å²) in [6, 6.07) is 11.3. The van der Waals surface area contributed by atoms with Crippen molar-refractivity contribution in [1.29, 1.82) is 5.26 Å². The minimum absolute atomic E-state index is 0.225. The van der Waals surface area contributed by atoms with Crippen LogP contribution in [-0.4, -0.2) is 31.4 Å². The molecule has 4 rings (SSSR count). The molecule has 0 aromatic heterocycles. The Balaban J connectivity index is 1.61. The normalized spacial score (nSPS) is 17.0. The Morgan fingerprint density at radius 3 is 2.70 bits per heavy atom. The molecule has 0 unspecified atom stereocenters. The fraction of sp³-hybridized carbons (Fsp3) is 0.364. The van der Waals surface area contributed by atoms with Crippen LogP contribution in [0.4, 0.5) is 11.4 Å². The second kappa shape index (κ2) is 9.49. The summed E-state index contributed by atoms with van der Waals surface area (Å²) in [4.78, 5) is 13.1. The molecule has 156 valence electrons. The lowest BCUT2D eigenvalue weighted by molar-refractivity contribution is 0.0853. The lowest BCUT2D eigenvalue weighted by Crippen LogP contribution is -2.17. The smallest absolute Gasteiger partial charge is 0.257 e. The molecular formula is C22H21Cl2N3O2S. The molecule has 0 saturated carbocycles. The summed E-state index contributed by atoms with van der Waals surface area (Å²) in [6.45, 7) is 2.32. The van der Waals surface area contributed by atoms with Crippen LogP contribution >= 0.6 is 35.1 Å². The minimum atomic E-state index is -0.346. The summed E-state index contributed by atoms with van der Waals surface area (Å²) in [5.74, 6) is 1.01. The Bertz CT molecular complexity index is 997. The SMILES string of the molecule is N#Cc1cc(NC(=O)c2cc(N3CCCS3)cc(Cl)c2Cl)cc(C2CCOCC2)c1. The average Bonchev–Trinajstić information content (AvgIpc) is 3.31. The van der Waals surface area contributed by atoms with Gasteiger partial charge in [0.1, 0.15) is 0 Å². The Kier molecular flexibility index (Phi) is 6.74. The molecule has 2 aromatic rings. The fourth-order valence-corrected chi connectivity index (χ4v) is 5.19. The van der Waals surface area contributed by atoms with Crippen LogP contribution in [0.2, 0.25) is 10.0 Å². The van der Waals surface area contributed by atoms with Crippen LogP contribution in [0.15, 0.2) is 30.3 Å². The first-order valence-electron chi connectivity index (χ1n) is 9.89. The molecule has 0 bridgehead atoms. The minimum Gasteiger partial charge on any atom is -0.381 e. The van der Waals surface area contributed by atoms with E-state index in [0.29, 0.717) is 41.0 Å². The summed E-state index contributed by atoms with van der Waals surface area (Å²) in [5, 5.41) is 12.9. The van der Waals surface area contributed by atoms with E-state index in [1.54, 1.807) is 30.1 Å². The predicted molar refractivity (Wildman–Crippen MR) is 123 cm³/mol. The molecule has 8 heteroatoms. The fourth-order valence-electron chi connectivity index (χ4n) is 3.79. The molecule has 2 fully saturated rings.